The monoisotopic (exact) mass is 328 g/mol. The Balaban J connectivity index is 2.10. The second kappa shape index (κ2) is 5.58. The van der Waals surface area contributed by atoms with Crippen LogP contribution >= 0.6 is 15.9 Å². The molecule has 2 atom stereocenters. The van der Waals surface area contributed by atoms with E-state index in [1.165, 1.54) is 6.07 Å². The molecule has 102 valence electrons. The number of hydrogen-bond donors (Lipinski definition) is 3. The molecule has 1 aromatic carbocycles. The van der Waals surface area contributed by atoms with Gasteiger partial charge in [-0.15, -0.1) is 0 Å². The van der Waals surface area contributed by atoms with Crippen molar-refractivity contribution in [2.24, 2.45) is 5.92 Å². The molecule has 1 amide bonds. The van der Waals surface area contributed by atoms with Crippen LogP contribution in [0.2, 0.25) is 0 Å². The van der Waals surface area contributed by atoms with Crippen LogP contribution in [0.25, 0.3) is 0 Å². The average molecular weight is 329 g/mol. The molecule has 0 aliphatic carbocycles. The van der Waals surface area contributed by atoms with Crippen molar-refractivity contribution < 1.29 is 19.4 Å². The summed E-state index contributed by atoms with van der Waals surface area (Å²) in [6, 6.07) is 4.31. The van der Waals surface area contributed by atoms with Crippen LogP contribution in [0.1, 0.15) is 10.4 Å². The molecule has 1 aliphatic heterocycles. The van der Waals surface area contributed by atoms with Gasteiger partial charge in [0.25, 0.3) is 5.91 Å². The number of nitrogen functional groups attached to an aromatic ring is 1. The molecule has 0 radical (unpaired) electrons. The smallest absolute Gasteiger partial charge is 0.311 e. The van der Waals surface area contributed by atoms with Crippen LogP contribution < -0.4 is 11.1 Å². The first-order chi connectivity index (χ1) is 8.97. The molecule has 7 heteroatoms. The van der Waals surface area contributed by atoms with Crippen molar-refractivity contribution in [2.75, 3.05) is 18.9 Å². The van der Waals surface area contributed by atoms with E-state index in [1.807, 2.05) is 0 Å². The normalized spacial score (nSPS) is 22.2. The largest absolute Gasteiger partial charge is 0.481 e. The number of nitrogens with one attached hydrogen (secondary N) is 1. The van der Waals surface area contributed by atoms with E-state index in [9.17, 15) is 9.59 Å². The number of rotatable bonds is 3. The van der Waals surface area contributed by atoms with Crippen molar-refractivity contribution in [3.63, 3.8) is 0 Å². The Morgan fingerprint density at radius 3 is 2.74 bits per heavy atom. The third-order valence-corrected chi connectivity index (χ3v) is 3.35. The lowest BCUT2D eigenvalue weighted by atomic mass is 10.0. The molecule has 1 saturated heterocycles. The molecule has 4 N–H and O–H groups in total. The first kappa shape index (κ1) is 13.8. The molecular formula is C12H13BrN2O4. The van der Waals surface area contributed by atoms with Gasteiger partial charge in [-0.05, 0) is 18.2 Å². The van der Waals surface area contributed by atoms with Crippen molar-refractivity contribution in [2.45, 2.75) is 6.04 Å². The van der Waals surface area contributed by atoms with Crippen molar-refractivity contribution in [3.8, 4) is 0 Å². The molecule has 6 nitrogen and oxygen atoms in total. The number of nitrogens with two attached hydrogens (primary N) is 1. The van der Waals surface area contributed by atoms with Crippen LogP contribution in [0.4, 0.5) is 5.69 Å². The Bertz CT molecular complexity index is 500. The maximum Gasteiger partial charge on any atom is 0.311 e. The van der Waals surface area contributed by atoms with Gasteiger partial charge < -0.3 is 20.9 Å². The lowest BCUT2D eigenvalue weighted by Crippen LogP contribution is -2.42. The van der Waals surface area contributed by atoms with Crippen LogP contribution in [0.3, 0.4) is 0 Å². The molecule has 19 heavy (non-hydrogen) atoms. The van der Waals surface area contributed by atoms with Gasteiger partial charge in [0.15, 0.2) is 0 Å². The minimum atomic E-state index is -0.975. The summed E-state index contributed by atoms with van der Waals surface area (Å²) in [7, 11) is 0. The van der Waals surface area contributed by atoms with Gasteiger partial charge in [-0.25, -0.2) is 0 Å². The lowest BCUT2D eigenvalue weighted by molar-refractivity contribution is -0.142. The van der Waals surface area contributed by atoms with E-state index >= 15 is 0 Å². The Kier molecular flexibility index (Phi) is 4.06. The van der Waals surface area contributed by atoms with Crippen LogP contribution in [-0.4, -0.2) is 36.2 Å². The van der Waals surface area contributed by atoms with Crippen molar-refractivity contribution in [3.05, 3.63) is 28.2 Å². The number of amides is 1. The van der Waals surface area contributed by atoms with E-state index < -0.39 is 17.9 Å². The van der Waals surface area contributed by atoms with Crippen molar-refractivity contribution >= 4 is 33.5 Å². The highest BCUT2D eigenvalue weighted by atomic mass is 79.9. The summed E-state index contributed by atoms with van der Waals surface area (Å²) in [6.45, 7) is 0.313. The summed E-state index contributed by atoms with van der Waals surface area (Å²) < 4.78 is 5.78. The number of benzene rings is 1. The summed E-state index contributed by atoms with van der Waals surface area (Å²) in [5.41, 5.74) is 6.49. The molecule has 1 heterocycles. The third-order valence-electron chi connectivity index (χ3n) is 2.90. The summed E-state index contributed by atoms with van der Waals surface area (Å²) in [5, 5.41) is 11.7. The molecule has 1 aromatic rings. The van der Waals surface area contributed by atoms with Crippen LogP contribution in [0.15, 0.2) is 22.7 Å². The van der Waals surface area contributed by atoms with E-state index in [-0.39, 0.29) is 19.1 Å². The van der Waals surface area contributed by atoms with E-state index in [4.69, 9.17) is 15.6 Å². The summed E-state index contributed by atoms with van der Waals surface area (Å²) in [4.78, 5) is 23.0. The molecule has 2 rings (SSSR count). The molecule has 0 saturated carbocycles. The van der Waals surface area contributed by atoms with Crippen LogP contribution in [0.5, 0.6) is 0 Å². The molecule has 1 aliphatic rings. The van der Waals surface area contributed by atoms with Gasteiger partial charge in [-0.1, -0.05) is 15.9 Å². The molecule has 2 unspecified atom stereocenters. The number of halogens is 1. The number of carboxylic acids is 1. The third kappa shape index (κ3) is 3.24. The highest BCUT2D eigenvalue weighted by molar-refractivity contribution is 9.10. The fourth-order valence-corrected chi connectivity index (χ4v) is 2.45. The van der Waals surface area contributed by atoms with Gasteiger partial charge in [0, 0.05) is 15.7 Å². The van der Waals surface area contributed by atoms with Gasteiger partial charge in [-0.3, -0.25) is 9.59 Å². The summed E-state index contributed by atoms with van der Waals surface area (Å²) in [6.07, 6.45) is 0. The second-order valence-electron chi connectivity index (χ2n) is 4.34. The van der Waals surface area contributed by atoms with E-state index in [1.54, 1.807) is 12.1 Å². The number of carbonyl (C=O) groups is 2. The van der Waals surface area contributed by atoms with Gasteiger partial charge >= 0.3 is 5.97 Å². The fourth-order valence-electron chi connectivity index (χ4n) is 1.94. The van der Waals surface area contributed by atoms with E-state index in [2.05, 4.69) is 21.2 Å². The predicted octanol–water partition coefficient (Wildman–Crippen LogP) is 0.861. The topological polar surface area (TPSA) is 102 Å². The molecule has 0 spiro atoms. The molecular weight excluding hydrogens is 316 g/mol. The average Bonchev–Trinajstić information content (AvgIpc) is 2.75. The standard InChI is InChI=1S/C12H13BrN2O4/c13-7-1-6(2-8(14)3-7)11(16)15-10-5-19-4-9(10)12(17)18/h1-3,9-10H,4-5,14H2,(H,15,16)(H,17,18). The maximum absolute atomic E-state index is 12.0. The Morgan fingerprint density at radius 1 is 1.37 bits per heavy atom. The second-order valence-corrected chi connectivity index (χ2v) is 5.25. The lowest BCUT2D eigenvalue weighted by Gasteiger charge is -2.16. The number of carboxylic acid groups (broad SMARTS) is 1. The first-order valence-electron chi connectivity index (χ1n) is 5.65. The number of hydrogen-bond acceptors (Lipinski definition) is 4. The molecule has 0 aromatic heterocycles. The van der Waals surface area contributed by atoms with Gasteiger partial charge in [-0.2, -0.15) is 0 Å². The Hall–Kier alpha value is -1.60. The number of aliphatic carboxylic acids is 1. The van der Waals surface area contributed by atoms with Gasteiger partial charge in [0.1, 0.15) is 5.92 Å². The maximum atomic E-state index is 12.0. The predicted molar refractivity (Wildman–Crippen MR) is 71.8 cm³/mol. The highest BCUT2D eigenvalue weighted by Gasteiger charge is 2.35. The Morgan fingerprint density at radius 2 is 2.11 bits per heavy atom. The fraction of sp³-hybridized carbons (Fsp3) is 0.333. The first-order valence-corrected chi connectivity index (χ1v) is 6.44. The Labute approximate surface area is 118 Å². The van der Waals surface area contributed by atoms with Crippen LogP contribution in [-0.2, 0) is 9.53 Å². The highest BCUT2D eigenvalue weighted by Crippen LogP contribution is 2.19. The number of ether oxygens (including phenoxy) is 1. The quantitative estimate of drug-likeness (QED) is 0.714. The summed E-state index contributed by atoms with van der Waals surface area (Å²) >= 11 is 3.25. The van der Waals surface area contributed by atoms with Crippen molar-refractivity contribution in [1.29, 1.82) is 0 Å². The minimum Gasteiger partial charge on any atom is -0.481 e. The minimum absolute atomic E-state index is 0.112. The number of anilines is 1. The molecule has 0 bridgehead atoms. The zero-order valence-corrected chi connectivity index (χ0v) is 11.5. The summed E-state index contributed by atoms with van der Waals surface area (Å²) in [5.74, 6) is -2.06. The zero-order chi connectivity index (χ0) is 14.0. The molecule has 1 fully saturated rings. The van der Waals surface area contributed by atoms with Gasteiger partial charge in [0.05, 0.1) is 19.3 Å². The van der Waals surface area contributed by atoms with Gasteiger partial charge in [0.2, 0.25) is 0 Å². The van der Waals surface area contributed by atoms with Crippen LogP contribution in [0, 0.1) is 5.92 Å². The van der Waals surface area contributed by atoms with Crippen molar-refractivity contribution in [1.82, 2.24) is 5.32 Å². The SMILES string of the molecule is Nc1cc(Br)cc(C(=O)NC2COCC2C(=O)O)c1. The van der Waals surface area contributed by atoms with E-state index in [0.29, 0.717) is 15.7 Å². The zero-order valence-electron chi connectivity index (χ0n) is 9.93. The van der Waals surface area contributed by atoms with E-state index in [0.717, 1.165) is 0 Å². The number of carbonyl (C=O) groups excluding carboxylic acids is 1.